The number of fused-ring (bicyclic) bond motifs is 1. The predicted molar refractivity (Wildman–Crippen MR) is 138 cm³/mol. The lowest BCUT2D eigenvalue weighted by Crippen LogP contribution is -2.48. The van der Waals surface area contributed by atoms with E-state index < -0.39 is 0 Å². The summed E-state index contributed by atoms with van der Waals surface area (Å²) in [4.78, 5) is 31.8. The molecule has 7 heteroatoms. The van der Waals surface area contributed by atoms with Gasteiger partial charge < -0.3 is 19.3 Å². The standard InChI is InChI=1S/C28H32N2O4S/c1-21-8-6-9-22(18-21)28(32)29(14-7-16-33-2)19-27(31)30-15-12-26-24(13-17-35-26)25(30)20-34-23-10-4-3-5-11-23/h3-6,8-11,13,17-18,25H,7,12,14-16,19-20H2,1-2H3/t25-/m1/s1. The Hall–Kier alpha value is -3.16. The van der Waals surface area contributed by atoms with Crippen molar-refractivity contribution in [2.75, 3.05) is 40.0 Å². The zero-order valence-electron chi connectivity index (χ0n) is 20.3. The Bertz CT molecular complexity index is 1130. The third-order valence-corrected chi connectivity index (χ3v) is 7.22. The number of thiophene rings is 1. The fourth-order valence-corrected chi connectivity index (χ4v) is 5.36. The first-order valence-corrected chi connectivity index (χ1v) is 12.8. The van der Waals surface area contributed by atoms with Crippen molar-refractivity contribution in [3.8, 4) is 5.75 Å². The summed E-state index contributed by atoms with van der Waals surface area (Å²) in [5.41, 5.74) is 2.75. The van der Waals surface area contributed by atoms with Crippen molar-refractivity contribution in [2.24, 2.45) is 0 Å². The summed E-state index contributed by atoms with van der Waals surface area (Å²) < 4.78 is 11.3. The van der Waals surface area contributed by atoms with E-state index in [9.17, 15) is 9.59 Å². The Labute approximate surface area is 211 Å². The summed E-state index contributed by atoms with van der Waals surface area (Å²) in [7, 11) is 1.64. The van der Waals surface area contributed by atoms with E-state index >= 15 is 0 Å². The van der Waals surface area contributed by atoms with E-state index in [1.165, 1.54) is 4.88 Å². The molecule has 2 aromatic carbocycles. The van der Waals surface area contributed by atoms with Crippen LogP contribution < -0.4 is 4.74 Å². The molecule has 0 saturated carbocycles. The Morgan fingerprint density at radius 3 is 2.71 bits per heavy atom. The number of carbonyl (C=O) groups excluding carboxylic acids is 2. The average Bonchev–Trinajstić information content (AvgIpc) is 3.36. The zero-order valence-corrected chi connectivity index (χ0v) is 21.1. The van der Waals surface area contributed by atoms with Gasteiger partial charge in [0.15, 0.2) is 0 Å². The summed E-state index contributed by atoms with van der Waals surface area (Å²) >= 11 is 1.72. The van der Waals surface area contributed by atoms with Gasteiger partial charge in [-0.25, -0.2) is 0 Å². The molecule has 1 aliphatic heterocycles. The van der Waals surface area contributed by atoms with Gasteiger partial charge in [0.25, 0.3) is 5.91 Å². The SMILES string of the molecule is COCCCN(CC(=O)N1CCc2sccc2[C@H]1COc1ccccc1)C(=O)c1cccc(C)c1. The van der Waals surface area contributed by atoms with Crippen molar-refractivity contribution in [3.63, 3.8) is 0 Å². The van der Waals surface area contributed by atoms with Gasteiger partial charge in [0.1, 0.15) is 18.9 Å². The monoisotopic (exact) mass is 492 g/mol. The van der Waals surface area contributed by atoms with Gasteiger partial charge in [-0.2, -0.15) is 0 Å². The van der Waals surface area contributed by atoms with E-state index in [4.69, 9.17) is 9.47 Å². The fourth-order valence-electron chi connectivity index (χ4n) is 4.43. The number of hydrogen-bond acceptors (Lipinski definition) is 5. The van der Waals surface area contributed by atoms with Crippen LogP contribution in [0.4, 0.5) is 0 Å². The zero-order chi connectivity index (χ0) is 24.6. The van der Waals surface area contributed by atoms with Crippen LogP contribution in [0, 0.1) is 6.92 Å². The molecule has 6 nitrogen and oxygen atoms in total. The molecule has 1 aromatic heterocycles. The molecule has 2 heterocycles. The Morgan fingerprint density at radius 2 is 1.94 bits per heavy atom. The number of carbonyl (C=O) groups is 2. The lowest BCUT2D eigenvalue weighted by Gasteiger charge is -2.37. The van der Waals surface area contributed by atoms with Crippen LogP contribution in [0.2, 0.25) is 0 Å². The molecular formula is C28H32N2O4S. The summed E-state index contributed by atoms with van der Waals surface area (Å²) in [6, 6.07) is 19.1. The van der Waals surface area contributed by atoms with E-state index in [0.29, 0.717) is 38.3 Å². The number of aryl methyl sites for hydroxylation is 1. The number of methoxy groups -OCH3 is 1. The molecule has 184 valence electrons. The van der Waals surface area contributed by atoms with E-state index in [0.717, 1.165) is 23.3 Å². The van der Waals surface area contributed by atoms with Gasteiger partial charge in [-0.15, -0.1) is 11.3 Å². The normalized spacial score (nSPS) is 14.9. The topological polar surface area (TPSA) is 59.1 Å². The van der Waals surface area contributed by atoms with Crippen LogP contribution >= 0.6 is 11.3 Å². The summed E-state index contributed by atoms with van der Waals surface area (Å²) in [6.07, 6.45) is 1.48. The van der Waals surface area contributed by atoms with Gasteiger partial charge in [0.2, 0.25) is 5.91 Å². The summed E-state index contributed by atoms with van der Waals surface area (Å²) in [5, 5.41) is 2.08. The number of rotatable bonds is 10. The second-order valence-electron chi connectivity index (χ2n) is 8.72. The molecule has 0 radical (unpaired) electrons. The average molecular weight is 493 g/mol. The molecule has 3 aromatic rings. The minimum Gasteiger partial charge on any atom is -0.491 e. The van der Waals surface area contributed by atoms with Crippen molar-refractivity contribution in [2.45, 2.75) is 25.8 Å². The minimum absolute atomic E-state index is 0.0256. The van der Waals surface area contributed by atoms with Crippen LogP contribution in [0.3, 0.4) is 0 Å². The van der Waals surface area contributed by atoms with Crippen LogP contribution in [0.15, 0.2) is 66.0 Å². The van der Waals surface area contributed by atoms with E-state index in [-0.39, 0.29) is 24.4 Å². The largest absolute Gasteiger partial charge is 0.491 e. The van der Waals surface area contributed by atoms with Gasteiger partial charge in [0.05, 0.1) is 6.04 Å². The summed E-state index contributed by atoms with van der Waals surface area (Å²) in [5.74, 6) is 0.573. The molecule has 0 unspecified atom stereocenters. The van der Waals surface area contributed by atoms with E-state index in [2.05, 4.69) is 11.4 Å². The molecule has 1 atom stereocenters. The quantitative estimate of drug-likeness (QED) is 0.384. The van der Waals surface area contributed by atoms with Gasteiger partial charge in [-0.1, -0.05) is 35.9 Å². The first kappa shape index (κ1) is 24.9. The lowest BCUT2D eigenvalue weighted by molar-refractivity contribution is -0.135. The highest BCUT2D eigenvalue weighted by molar-refractivity contribution is 7.10. The molecule has 0 N–H and O–H groups in total. The fraction of sp³-hybridized carbons (Fsp3) is 0.357. The molecule has 2 amide bonds. The number of benzene rings is 2. The third-order valence-electron chi connectivity index (χ3n) is 6.22. The smallest absolute Gasteiger partial charge is 0.254 e. The second kappa shape index (κ2) is 12.0. The van der Waals surface area contributed by atoms with Crippen LogP contribution in [0.5, 0.6) is 5.75 Å². The van der Waals surface area contributed by atoms with Gasteiger partial charge >= 0.3 is 0 Å². The Morgan fingerprint density at radius 1 is 1.11 bits per heavy atom. The van der Waals surface area contributed by atoms with Gasteiger partial charge in [-0.05, 0) is 61.0 Å². The van der Waals surface area contributed by atoms with Crippen molar-refractivity contribution in [1.82, 2.24) is 9.80 Å². The molecule has 0 saturated heterocycles. The maximum atomic E-state index is 13.6. The number of amides is 2. The Kier molecular flexibility index (Phi) is 8.55. The van der Waals surface area contributed by atoms with Crippen molar-refractivity contribution in [3.05, 3.63) is 87.6 Å². The van der Waals surface area contributed by atoms with Crippen molar-refractivity contribution in [1.29, 1.82) is 0 Å². The highest BCUT2D eigenvalue weighted by Gasteiger charge is 2.33. The molecule has 0 fully saturated rings. The van der Waals surface area contributed by atoms with Crippen LogP contribution in [0.25, 0.3) is 0 Å². The van der Waals surface area contributed by atoms with Crippen molar-refractivity contribution >= 4 is 23.2 Å². The maximum Gasteiger partial charge on any atom is 0.254 e. The Balaban J connectivity index is 1.52. The molecule has 1 aliphatic rings. The van der Waals surface area contributed by atoms with E-state index in [1.54, 1.807) is 29.4 Å². The highest BCUT2D eigenvalue weighted by Crippen LogP contribution is 2.34. The van der Waals surface area contributed by atoms with Crippen LogP contribution in [-0.4, -0.2) is 61.6 Å². The van der Waals surface area contributed by atoms with Gasteiger partial charge in [-0.3, -0.25) is 9.59 Å². The lowest BCUT2D eigenvalue weighted by atomic mass is 10.00. The summed E-state index contributed by atoms with van der Waals surface area (Å²) in [6.45, 7) is 3.95. The second-order valence-corrected chi connectivity index (χ2v) is 9.72. The van der Waals surface area contributed by atoms with Gasteiger partial charge in [0, 0.05) is 37.2 Å². The molecular weight excluding hydrogens is 460 g/mol. The number of nitrogens with zero attached hydrogens (tertiary/aromatic N) is 2. The van der Waals surface area contributed by atoms with Crippen LogP contribution in [-0.2, 0) is 16.0 Å². The molecule has 0 aliphatic carbocycles. The maximum absolute atomic E-state index is 13.6. The number of hydrogen-bond donors (Lipinski definition) is 0. The van der Waals surface area contributed by atoms with E-state index in [1.807, 2.05) is 60.4 Å². The molecule has 35 heavy (non-hydrogen) atoms. The molecule has 4 rings (SSSR count). The van der Waals surface area contributed by atoms with Crippen LogP contribution in [0.1, 0.15) is 38.8 Å². The molecule has 0 bridgehead atoms. The number of para-hydroxylation sites is 1. The number of ether oxygens (including phenoxy) is 2. The molecule has 0 spiro atoms. The first-order valence-electron chi connectivity index (χ1n) is 11.9. The minimum atomic E-state index is -0.187. The van der Waals surface area contributed by atoms with Crippen molar-refractivity contribution < 1.29 is 19.1 Å². The highest BCUT2D eigenvalue weighted by atomic mass is 32.1. The third kappa shape index (κ3) is 6.29. The predicted octanol–water partition coefficient (Wildman–Crippen LogP) is 4.74. The first-order chi connectivity index (χ1) is 17.1.